The number of nitrogens with one attached hydrogen (secondary N) is 1. The number of thiazole rings is 1. The van der Waals surface area contributed by atoms with Crippen LogP contribution in [0, 0.1) is 0 Å². The second-order valence-corrected chi connectivity index (χ2v) is 7.70. The van der Waals surface area contributed by atoms with Crippen molar-refractivity contribution in [3.63, 3.8) is 0 Å². The van der Waals surface area contributed by atoms with Crippen LogP contribution in [0.15, 0.2) is 60.1 Å². The Labute approximate surface area is 181 Å². The Bertz CT molecular complexity index is 1290. The number of hydrogen-bond donors (Lipinski definition) is 1. The zero-order chi connectivity index (χ0) is 23.1. The minimum atomic E-state index is -4.57. The number of alkyl halides is 6. The van der Waals surface area contributed by atoms with Crippen molar-refractivity contribution in [3.05, 3.63) is 82.5 Å². The summed E-state index contributed by atoms with van der Waals surface area (Å²) in [6.07, 6.45) is -7.52. The average Bonchev–Trinajstić information content (AvgIpc) is 3.32. The van der Waals surface area contributed by atoms with Crippen molar-refractivity contribution in [2.45, 2.75) is 18.9 Å². The molecule has 0 bridgehead atoms. The lowest BCUT2D eigenvalue weighted by Crippen LogP contribution is -2.24. The van der Waals surface area contributed by atoms with Crippen LogP contribution in [0.1, 0.15) is 27.2 Å². The van der Waals surface area contributed by atoms with Gasteiger partial charge < -0.3 is 5.32 Å². The van der Waals surface area contributed by atoms with Crippen molar-refractivity contribution in [2.75, 3.05) is 0 Å². The summed E-state index contributed by atoms with van der Waals surface area (Å²) >= 11 is 1.19. The highest BCUT2D eigenvalue weighted by Gasteiger charge is 2.32. The van der Waals surface area contributed by atoms with E-state index in [9.17, 15) is 31.1 Å². The molecule has 0 aliphatic rings. The summed E-state index contributed by atoms with van der Waals surface area (Å²) < 4.78 is 79.7. The Hall–Kier alpha value is -3.34. The van der Waals surface area contributed by atoms with Crippen LogP contribution in [0.4, 0.5) is 26.3 Å². The highest BCUT2D eigenvalue weighted by atomic mass is 32.1. The van der Waals surface area contributed by atoms with Gasteiger partial charge in [0, 0.05) is 23.7 Å². The number of amides is 1. The number of hydrogen-bond acceptors (Lipinski definition) is 3. The third kappa shape index (κ3) is 4.33. The minimum Gasteiger partial charge on any atom is -0.347 e. The van der Waals surface area contributed by atoms with Crippen molar-refractivity contribution in [3.8, 4) is 11.3 Å². The van der Waals surface area contributed by atoms with E-state index in [1.807, 2.05) is 0 Å². The summed E-state index contributed by atoms with van der Waals surface area (Å²) in [4.78, 5) is 17.4. The number of carbonyl (C=O) groups is 1. The van der Waals surface area contributed by atoms with Crippen molar-refractivity contribution in [1.82, 2.24) is 14.7 Å². The summed E-state index contributed by atoms with van der Waals surface area (Å²) in [6, 6.07) is 8.99. The van der Waals surface area contributed by atoms with Gasteiger partial charge in [-0.3, -0.25) is 9.20 Å². The summed E-state index contributed by atoms with van der Waals surface area (Å²) in [5.41, 5.74) is -1.34. The van der Waals surface area contributed by atoms with Gasteiger partial charge in [0.1, 0.15) is 0 Å². The predicted molar refractivity (Wildman–Crippen MR) is 106 cm³/mol. The van der Waals surface area contributed by atoms with Crippen LogP contribution in [0.25, 0.3) is 16.2 Å². The number of halogens is 6. The third-order valence-electron chi connectivity index (χ3n) is 4.65. The smallest absolute Gasteiger partial charge is 0.347 e. The molecule has 4 rings (SSSR count). The minimum absolute atomic E-state index is 0.122. The lowest BCUT2D eigenvalue weighted by molar-refractivity contribution is -0.138. The van der Waals surface area contributed by atoms with E-state index in [1.165, 1.54) is 40.0 Å². The van der Waals surface area contributed by atoms with Gasteiger partial charge in [0.15, 0.2) is 10.7 Å². The van der Waals surface area contributed by atoms with Gasteiger partial charge in [-0.25, -0.2) is 4.98 Å². The molecule has 11 heteroatoms. The highest BCUT2D eigenvalue weighted by Crippen LogP contribution is 2.34. The van der Waals surface area contributed by atoms with E-state index >= 15 is 0 Å². The zero-order valence-corrected chi connectivity index (χ0v) is 16.8. The van der Waals surface area contributed by atoms with Crippen molar-refractivity contribution in [2.24, 2.45) is 0 Å². The normalized spacial score (nSPS) is 12.3. The first kappa shape index (κ1) is 21.9. The fraction of sp³-hybridized carbons (Fsp3) is 0.143. The highest BCUT2D eigenvalue weighted by molar-refractivity contribution is 7.15. The van der Waals surface area contributed by atoms with Gasteiger partial charge in [-0.1, -0.05) is 24.3 Å². The van der Waals surface area contributed by atoms with Crippen LogP contribution in [0.5, 0.6) is 0 Å². The molecule has 2 heterocycles. The second-order valence-electron chi connectivity index (χ2n) is 6.82. The largest absolute Gasteiger partial charge is 0.416 e. The number of benzene rings is 2. The summed E-state index contributed by atoms with van der Waals surface area (Å²) in [5, 5.41) is 4.17. The van der Waals surface area contributed by atoms with Crippen LogP contribution in [-0.2, 0) is 18.9 Å². The van der Waals surface area contributed by atoms with Crippen LogP contribution in [0.2, 0.25) is 0 Å². The number of aromatic nitrogens is 2. The molecule has 2 aromatic carbocycles. The molecular weight excluding hydrogens is 456 g/mol. The van der Waals surface area contributed by atoms with Crippen LogP contribution in [-0.4, -0.2) is 15.3 Å². The zero-order valence-electron chi connectivity index (χ0n) is 16.0. The van der Waals surface area contributed by atoms with E-state index in [2.05, 4.69) is 10.3 Å². The third-order valence-corrected chi connectivity index (χ3v) is 5.40. The molecule has 0 radical (unpaired) electrons. The number of carbonyl (C=O) groups excluding carboxylic acids is 1. The Morgan fingerprint density at radius 3 is 2.31 bits per heavy atom. The maximum absolute atomic E-state index is 13.2. The SMILES string of the molecule is O=C(NCc1cccc(C(F)(F)F)c1)c1nc2sccn2c1-c1cccc(C(F)(F)F)c1. The van der Waals surface area contributed by atoms with Crippen LogP contribution in [0.3, 0.4) is 0 Å². The van der Waals surface area contributed by atoms with Gasteiger partial charge in [-0.2, -0.15) is 26.3 Å². The first-order valence-corrected chi connectivity index (χ1v) is 9.99. The predicted octanol–water partition coefficient (Wildman–Crippen LogP) is 6.03. The molecule has 0 aliphatic carbocycles. The lowest BCUT2D eigenvalue weighted by Gasteiger charge is -2.11. The van der Waals surface area contributed by atoms with E-state index in [-0.39, 0.29) is 29.1 Å². The van der Waals surface area contributed by atoms with Gasteiger partial charge in [0.25, 0.3) is 5.91 Å². The quantitative estimate of drug-likeness (QED) is 0.371. The van der Waals surface area contributed by atoms with Gasteiger partial charge >= 0.3 is 12.4 Å². The topological polar surface area (TPSA) is 46.4 Å². The van der Waals surface area contributed by atoms with Crippen LogP contribution >= 0.6 is 11.3 Å². The maximum Gasteiger partial charge on any atom is 0.416 e. The van der Waals surface area contributed by atoms with E-state index in [0.29, 0.717) is 4.96 Å². The molecule has 32 heavy (non-hydrogen) atoms. The Balaban J connectivity index is 1.66. The number of nitrogens with zero attached hydrogens (tertiary/aromatic N) is 2. The molecule has 0 saturated heterocycles. The van der Waals surface area contributed by atoms with Gasteiger partial charge in [0.2, 0.25) is 0 Å². The number of fused-ring (bicyclic) bond motifs is 1. The fourth-order valence-corrected chi connectivity index (χ4v) is 3.90. The summed E-state index contributed by atoms with van der Waals surface area (Å²) in [5.74, 6) is -0.717. The molecule has 1 amide bonds. The van der Waals surface area contributed by atoms with E-state index in [1.54, 1.807) is 11.6 Å². The molecule has 0 fully saturated rings. The summed E-state index contributed by atoms with van der Waals surface area (Å²) in [7, 11) is 0. The Morgan fingerprint density at radius 1 is 0.969 bits per heavy atom. The van der Waals surface area contributed by atoms with Crippen molar-refractivity contribution < 1.29 is 31.1 Å². The van der Waals surface area contributed by atoms with E-state index in [0.717, 1.165) is 24.3 Å². The fourth-order valence-electron chi connectivity index (χ4n) is 3.19. The molecule has 0 aliphatic heterocycles. The molecule has 4 aromatic rings. The lowest BCUT2D eigenvalue weighted by atomic mass is 10.1. The van der Waals surface area contributed by atoms with Gasteiger partial charge in [-0.05, 0) is 29.8 Å². The first-order chi connectivity index (χ1) is 15.0. The van der Waals surface area contributed by atoms with Crippen molar-refractivity contribution in [1.29, 1.82) is 0 Å². The molecule has 0 saturated carbocycles. The molecular formula is C21H13F6N3OS. The second kappa shape index (κ2) is 7.97. The average molecular weight is 469 g/mol. The maximum atomic E-state index is 13.2. The number of rotatable bonds is 4. The molecule has 0 atom stereocenters. The molecule has 0 unspecified atom stereocenters. The molecule has 166 valence electrons. The van der Waals surface area contributed by atoms with E-state index in [4.69, 9.17) is 0 Å². The van der Waals surface area contributed by atoms with Gasteiger partial charge in [0.05, 0.1) is 16.8 Å². The molecule has 4 nitrogen and oxygen atoms in total. The van der Waals surface area contributed by atoms with E-state index < -0.39 is 29.4 Å². The van der Waals surface area contributed by atoms with Crippen molar-refractivity contribution >= 4 is 22.2 Å². The van der Waals surface area contributed by atoms with Crippen LogP contribution < -0.4 is 5.32 Å². The number of imidazole rings is 1. The Kier molecular flexibility index (Phi) is 5.45. The molecule has 1 N–H and O–H groups in total. The first-order valence-electron chi connectivity index (χ1n) is 9.11. The molecule has 2 aromatic heterocycles. The summed E-state index contributed by atoms with van der Waals surface area (Å²) in [6.45, 7) is -0.212. The Morgan fingerprint density at radius 2 is 1.62 bits per heavy atom. The standard InChI is InChI=1S/C21H13F6N3OS/c22-20(23,24)14-5-1-3-12(9-14)11-28-18(31)16-17(30-7-8-32-19(30)29-16)13-4-2-6-15(10-13)21(25,26)27/h1-10H,11H2,(H,28,31). The molecule has 0 spiro atoms. The monoisotopic (exact) mass is 469 g/mol. The van der Waals surface area contributed by atoms with Gasteiger partial charge in [-0.15, -0.1) is 11.3 Å².